The highest BCUT2D eigenvalue weighted by molar-refractivity contribution is 6.22. The van der Waals surface area contributed by atoms with Crippen molar-refractivity contribution in [1.29, 1.82) is 0 Å². The van der Waals surface area contributed by atoms with Crippen LogP contribution in [0.25, 0.3) is 0 Å². The molecule has 0 saturated carbocycles. The fourth-order valence-corrected chi connectivity index (χ4v) is 4.37. The fourth-order valence-electron chi connectivity index (χ4n) is 4.37. The molecule has 0 bridgehead atoms. The van der Waals surface area contributed by atoms with E-state index in [1.807, 2.05) is 0 Å². The Morgan fingerprint density at radius 2 is 0.975 bits per heavy atom. The maximum Gasteiger partial charge on any atom is 0.338 e. The second-order valence-electron chi connectivity index (χ2n) is 9.18. The Kier molecular flexibility index (Phi) is 6.37. The van der Waals surface area contributed by atoms with Crippen molar-refractivity contribution in [2.24, 2.45) is 0 Å². The number of carbonyl (C=O) groups is 8. The van der Waals surface area contributed by atoms with E-state index in [0.29, 0.717) is 0 Å². The zero-order valence-electron chi connectivity index (χ0n) is 21.0. The summed E-state index contributed by atoms with van der Waals surface area (Å²) in [6.45, 7) is -1.05. The topological polar surface area (TPSA) is 186 Å². The van der Waals surface area contributed by atoms with Crippen molar-refractivity contribution in [2.75, 3.05) is 27.3 Å². The Morgan fingerprint density at radius 1 is 0.625 bits per heavy atom. The molecule has 204 valence electrons. The van der Waals surface area contributed by atoms with Crippen LogP contribution in [0.5, 0.6) is 0 Å². The van der Waals surface area contributed by atoms with Crippen molar-refractivity contribution in [1.82, 2.24) is 20.4 Å². The molecule has 3 aliphatic heterocycles. The first kappa shape index (κ1) is 26.2. The smallest absolute Gasteiger partial charge is 0.338 e. The third-order valence-electron chi connectivity index (χ3n) is 6.68. The minimum absolute atomic E-state index is 0.0215. The number of amides is 6. The van der Waals surface area contributed by atoms with Gasteiger partial charge in [-0.25, -0.2) is 9.59 Å². The van der Waals surface area contributed by atoms with Gasteiger partial charge in [0.2, 0.25) is 11.8 Å². The predicted octanol–water partition coefficient (Wildman–Crippen LogP) is -0.865. The van der Waals surface area contributed by atoms with Crippen LogP contribution in [0.4, 0.5) is 0 Å². The van der Waals surface area contributed by atoms with Crippen LogP contribution >= 0.6 is 0 Å². The lowest BCUT2D eigenvalue weighted by molar-refractivity contribution is -0.138. The first-order valence-electron chi connectivity index (χ1n) is 11.9. The number of esters is 2. The zero-order chi connectivity index (χ0) is 28.9. The van der Waals surface area contributed by atoms with Gasteiger partial charge in [0.05, 0.1) is 33.4 Å². The van der Waals surface area contributed by atoms with Crippen LogP contribution in [0.3, 0.4) is 0 Å². The van der Waals surface area contributed by atoms with Crippen LogP contribution in [-0.2, 0) is 19.1 Å². The molecule has 1 saturated heterocycles. The van der Waals surface area contributed by atoms with Gasteiger partial charge in [-0.05, 0) is 36.4 Å². The maximum atomic E-state index is 12.5. The molecule has 2 atom stereocenters. The number of nitrogens with zero attached hydrogens (tertiary/aromatic N) is 2. The van der Waals surface area contributed by atoms with E-state index in [9.17, 15) is 38.4 Å². The molecular weight excluding hydrogens is 528 g/mol. The molecule has 0 spiro atoms. The standard InChI is InChI=1S/C26H20N4O10/c1-29-21(33)13-5-3-11(7-15(13)23(29)35)25(37)39-9-17-19(31)28-18(20(32)27-17)10-40-26(38)12-4-6-14-16(8-12)24(36)30(2)22(14)34/h3-8,17-18H,9-10H2,1-2H3,(H,27,32)(H,28,31). The molecule has 3 aliphatic rings. The summed E-state index contributed by atoms with van der Waals surface area (Å²) in [6.07, 6.45) is 0. The van der Waals surface area contributed by atoms with E-state index < -0.39 is 72.7 Å². The molecule has 14 nitrogen and oxygen atoms in total. The Bertz CT molecular complexity index is 1450. The maximum absolute atomic E-state index is 12.5. The molecular formula is C26H20N4O10. The van der Waals surface area contributed by atoms with E-state index in [1.54, 1.807) is 0 Å². The summed E-state index contributed by atoms with van der Waals surface area (Å²) < 4.78 is 10.2. The van der Waals surface area contributed by atoms with Gasteiger partial charge in [-0.2, -0.15) is 0 Å². The minimum atomic E-state index is -1.23. The summed E-state index contributed by atoms with van der Waals surface area (Å²) in [6, 6.07) is 5.25. The lowest BCUT2D eigenvalue weighted by Gasteiger charge is -2.28. The molecule has 2 aromatic rings. The highest BCUT2D eigenvalue weighted by Gasteiger charge is 2.37. The number of hydrogen-bond donors (Lipinski definition) is 2. The quantitative estimate of drug-likeness (QED) is 0.340. The minimum Gasteiger partial charge on any atom is -0.459 e. The number of imide groups is 2. The third-order valence-corrected chi connectivity index (χ3v) is 6.68. The van der Waals surface area contributed by atoms with Crippen LogP contribution in [0.2, 0.25) is 0 Å². The van der Waals surface area contributed by atoms with Crippen LogP contribution in [-0.4, -0.2) is 96.6 Å². The Morgan fingerprint density at radius 3 is 1.35 bits per heavy atom. The first-order chi connectivity index (χ1) is 19.0. The summed E-state index contributed by atoms with van der Waals surface area (Å²) >= 11 is 0. The van der Waals surface area contributed by atoms with Crippen molar-refractivity contribution in [3.63, 3.8) is 0 Å². The van der Waals surface area contributed by atoms with Crippen molar-refractivity contribution < 1.29 is 47.8 Å². The number of hydrogen-bond acceptors (Lipinski definition) is 10. The number of nitrogens with one attached hydrogen (secondary N) is 2. The van der Waals surface area contributed by atoms with Crippen molar-refractivity contribution >= 4 is 47.4 Å². The van der Waals surface area contributed by atoms with Crippen LogP contribution in [0.1, 0.15) is 62.1 Å². The van der Waals surface area contributed by atoms with Crippen molar-refractivity contribution in [2.45, 2.75) is 12.1 Å². The molecule has 3 heterocycles. The molecule has 2 aromatic carbocycles. The van der Waals surface area contributed by atoms with Gasteiger partial charge < -0.3 is 20.1 Å². The molecule has 2 N–H and O–H groups in total. The SMILES string of the molecule is CN1C(=O)c2ccc(C(=O)OCC3NC(=O)C(COC(=O)c4ccc5c(c4)C(=O)N(C)C5=O)NC3=O)cc2C1=O. The van der Waals surface area contributed by atoms with Gasteiger partial charge in [0.15, 0.2) is 0 Å². The Balaban J connectivity index is 1.14. The number of fused-ring (bicyclic) bond motifs is 2. The van der Waals surface area contributed by atoms with Gasteiger partial charge in [-0.1, -0.05) is 0 Å². The summed E-state index contributed by atoms with van der Waals surface area (Å²) in [5.74, 6) is -5.26. The fraction of sp³-hybridized carbons (Fsp3) is 0.231. The molecule has 14 heteroatoms. The van der Waals surface area contributed by atoms with Crippen molar-refractivity contribution in [3.8, 4) is 0 Å². The lowest BCUT2D eigenvalue weighted by Crippen LogP contribution is -2.64. The zero-order valence-corrected chi connectivity index (χ0v) is 21.0. The molecule has 5 rings (SSSR count). The van der Waals surface area contributed by atoms with E-state index in [2.05, 4.69) is 10.6 Å². The Hall–Kier alpha value is -5.40. The predicted molar refractivity (Wildman–Crippen MR) is 130 cm³/mol. The van der Waals surface area contributed by atoms with Gasteiger partial charge in [0.1, 0.15) is 25.3 Å². The summed E-state index contributed by atoms with van der Waals surface area (Å²) in [7, 11) is 2.64. The van der Waals surface area contributed by atoms with Crippen molar-refractivity contribution in [3.05, 3.63) is 69.8 Å². The number of benzene rings is 2. The number of ether oxygens (including phenoxy) is 2. The average molecular weight is 548 g/mol. The van der Waals surface area contributed by atoms with Crippen LogP contribution < -0.4 is 10.6 Å². The normalized spacial score (nSPS) is 19.8. The third kappa shape index (κ3) is 4.34. The van der Waals surface area contributed by atoms with Crippen LogP contribution in [0, 0.1) is 0 Å². The largest absolute Gasteiger partial charge is 0.459 e. The molecule has 2 unspecified atom stereocenters. The molecule has 1 fully saturated rings. The van der Waals surface area contributed by atoms with Gasteiger partial charge in [0, 0.05) is 14.1 Å². The molecule has 0 aliphatic carbocycles. The molecule has 0 aromatic heterocycles. The second-order valence-corrected chi connectivity index (χ2v) is 9.18. The second kappa shape index (κ2) is 9.72. The summed E-state index contributed by atoms with van der Waals surface area (Å²) in [5, 5.41) is 4.77. The monoisotopic (exact) mass is 548 g/mol. The molecule has 6 amide bonds. The molecule has 0 radical (unpaired) electrons. The van der Waals surface area contributed by atoms with Gasteiger partial charge in [-0.15, -0.1) is 0 Å². The highest BCUT2D eigenvalue weighted by Crippen LogP contribution is 2.24. The van der Waals surface area contributed by atoms with Gasteiger partial charge >= 0.3 is 11.9 Å². The van der Waals surface area contributed by atoms with E-state index in [0.717, 1.165) is 9.80 Å². The number of rotatable bonds is 6. The first-order valence-corrected chi connectivity index (χ1v) is 11.9. The van der Waals surface area contributed by atoms with E-state index in [4.69, 9.17) is 9.47 Å². The summed E-state index contributed by atoms with van der Waals surface area (Å²) in [4.78, 5) is 100. The van der Waals surface area contributed by atoms with Crippen LogP contribution in [0.15, 0.2) is 36.4 Å². The van der Waals surface area contributed by atoms with E-state index in [1.165, 1.54) is 50.5 Å². The van der Waals surface area contributed by atoms with Gasteiger partial charge in [0.25, 0.3) is 23.6 Å². The van der Waals surface area contributed by atoms with Gasteiger partial charge in [-0.3, -0.25) is 38.6 Å². The molecule has 40 heavy (non-hydrogen) atoms. The number of piperazine rings is 1. The number of carbonyl (C=O) groups excluding carboxylic acids is 8. The van der Waals surface area contributed by atoms with E-state index in [-0.39, 0.29) is 33.4 Å². The summed E-state index contributed by atoms with van der Waals surface area (Å²) in [5.41, 5.74) is 0.369. The Labute approximate surface area is 225 Å². The van der Waals surface area contributed by atoms with E-state index >= 15 is 0 Å². The average Bonchev–Trinajstić information content (AvgIpc) is 3.30. The lowest BCUT2D eigenvalue weighted by atomic mass is 10.1. The highest BCUT2D eigenvalue weighted by atomic mass is 16.5.